The van der Waals surface area contributed by atoms with Crippen LogP contribution in [0.2, 0.25) is 5.02 Å². The molecule has 0 radical (unpaired) electrons. The monoisotopic (exact) mass is 389 g/mol. The molecule has 2 aromatic carbocycles. The van der Waals surface area contributed by atoms with Crippen LogP contribution in [0.25, 0.3) is 0 Å². The number of rotatable bonds is 8. The highest BCUT2D eigenvalue weighted by atomic mass is 35.5. The van der Waals surface area contributed by atoms with Crippen molar-refractivity contribution in [2.45, 2.75) is 6.54 Å². The molecule has 5 nitrogen and oxygen atoms in total. The maximum atomic E-state index is 12.2. The molecule has 27 heavy (non-hydrogen) atoms. The van der Waals surface area contributed by atoms with Crippen molar-refractivity contribution in [1.82, 2.24) is 5.32 Å². The molecule has 1 saturated heterocycles. The van der Waals surface area contributed by atoms with Gasteiger partial charge in [0.2, 0.25) is 0 Å². The fraction of sp³-hybridized carbons (Fsp3) is 0.381. The topological polar surface area (TPSA) is 47.2 Å². The fourth-order valence-electron chi connectivity index (χ4n) is 3.31. The first kappa shape index (κ1) is 19.7. The number of hydrogen-bond donors (Lipinski definition) is 3. The third kappa shape index (κ3) is 6.86. The largest absolute Gasteiger partial charge is 0.488 e. The predicted octanol–water partition coefficient (Wildman–Crippen LogP) is -0.181. The number of quaternary nitrogens is 2. The van der Waals surface area contributed by atoms with Gasteiger partial charge in [0.05, 0.1) is 0 Å². The smallest absolute Gasteiger partial charge is 0.275 e. The van der Waals surface area contributed by atoms with Crippen LogP contribution in [0.3, 0.4) is 0 Å². The van der Waals surface area contributed by atoms with Crippen molar-refractivity contribution in [3.8, 4) is 5.75 Å². The van der Waals surface area contributed by atoms with Crippen molar-refractivity contribution in [1.29, 1.82) is 0 Å². The van der Waals surface area contributed by atoms with E-state index in [2.05, 4.69) is 5.32 Å². The van der Waals surface area contributed by atoms with Gasteiger partial charge < -0.3 is 19.9 Å². The molecular weight excluding hydrogens is 362 g/mol. The zero-order valence-electron chi connectivity index (χ0n) is 15.5. The predicted molar refractivity (Wildman–Crippen MR) is 106 cm³/mol. The van der Waals surface area contributed by atoms with Crippen molar-refractivity contribution < 1.29 is 19.3 Å². The summed E-state index contributed by atoms with van der Waals surface area (Å²) in [7, 11) is 0. The molecule has 0 aromatic heterocycles. The number of piperazine rings is 1. The van der Waals surface area contributed by atoms with Gasteiger partial charge in [-0.05, 0) is 29.8 Å². The number of ether oxygens (including phenoxy) is 1. The van der Waals surface area contributed by atoms with Gasteiger partial charge in [-0.2, -0.15) is 0 Å². The minimum absolute atomic E-state index is 0.128. The zero-order valence-corrected chi connectivity index (χ0v) is 16.3. The molecule has 0 spiro atoms. The number of benzene rings is 2. The van der Waals surface area contributed by atoms with E-state index in [1.54, 1.807) is 0 Å². The van der Waals surface area contributed by atoms with Crippen LogP contribution in [-0.4, -0.2) is 51.8 Å². The standard InChI is InChI=1S/C21H26ClN3O2/c22-19-6-8-20(9-7-19)27-15-14-24-10-12-25(13-11-24)17-21(26)23-16-18-4-2-1-3-5-18/h1-9H,10-17H2,(H,23,26)/p+2. The highest BCUT2D eigenvalue weighted by Gasteiger charge is 2.24. The average molecular weight is 390 g/mol. The number of hydrogen-bond acceptors (Lipinski definition) is 2. The molecule has 3 N–H and O–H groups in total. The lowest BCUT2D eigenvalue weighted by Gasteiger charge is -2.29. The number of carbonyl (C=O) groups is 1. The van der Waals surface area contributed by atoms with E-state index in [0.29, 0.717) is 19.7 Å². The molecule has 0 unspecified atom stereocenters. The Balaban J connectivity index is 1.29. The molecule has 144 valence electrons. The van der Waals surface area contributed by atoms with Crippen molar-refractivity contribution in [3.05, 3.63) is 65.2 Å². The average Bonchev–Trinajstić information content (AvgIpc) is 2.70. The van der Waals surface area contributed by atoms with E-state index < -0.39 is 0 Å². The molecule has 1 amide bonds. The summed E-state index contributed by atoms with van der Waals surface area (Å²) in [4.78, 5) is 15.1. The van der Waals surface area contributed by atoms with Crippen LogP contribution < -0.4 is 19.9 Å². The second-order valence-corrected chi connectivity index (χ2v) is 7.43. The summed E-state index contributed by atoms with van der Waals surface area (Å²) in [6.45, 7) is 7.04. The van der Waals surface area contributed by atoms with E-state index in [1.165, 1.54) is 9.80 Å². The second kappa shape index (κ2) is 10.3. The Bertz CT molecular complexity index is 701. The van der Waals surface area contributed by atoms with Crippen LogP contribution >= 0.6 is 11.6 Å². The molecule has 1 fully saturated rings. The van der Waals surface area contributed by atoms with Crippen LogP contribution in [0.4, 0.5) is 0 Å². The number of amides is 1. The summed E-state index contributed by atoms with van der Waals surface area (Å²) in [5.74, 6) is 0.988. The number of halogens is 1. The lowest BCUT2D eigenvalue weighted by Crippen LogP contribution is -3.28. The Kier molecular flexibility index (Phi) is 7.51. The normalized spacial score (nSPS) is 19.4. The third-order valence-electron chi connectivity index (χ3n) is 4.95. The van der Waals surface area contributed by atoms with Crippen molar-refractivity contribution in [3.63, 3.8) is 0 Å². The summed E-state index contributed by atoms with van der Waals surface area (Å²) in [5, 5.41) is 3.74. The zero-order chi connectivity index (χ0) is 18.9. The fourth-order valence-corrected chi connectivity index (χ4v) is 3.44. The van der Waals surface area contributed by atoms with Crippen molar-refractivity contribution in [2.24, 2.45) is 0 Å². The van der Waals surface area contributed by atoms with E-state index in [9.17, 15) is 4.79 Å². The Hall–Kier alpha value is -2.08. The van der Waals surface area contributed by atoms with Gasteiger partial charge in [0.25, 0.3) is 5.91 Å². The summed E-state index contributed by atoms with van der Waals surface area (Å²) in [5.41, 5.74) is 1.14. The quantitative estimate of drug-likeness (QED) is 0.586. The van der Waals surface area contributed by atoms with Gasteiger partial charge in [-0.1, -0.05) is 41.9 Å². The molecule has 3 rings (SSSR count). The van der Waals surface area contributed by atoms with Crippen LogP contribution in [0.1, 0.15) is 5.56 Å². The molecule has 0 aliphatic carbocycles. The van der Waals surface area contributed by atoms with Crippen LogP contribution in [0, 0.1) is 0 Å². The molecular formula is C21H28ClN3O2+2. The van der Waals surface area contributed by atoms with E-state index in [1.807, 2.05) is 54.6 Å². The van der Waals surface area contributed by atoms with E-state index in [-0.39, 0.29) is 5.91 Å². The van der Waals surface area contributed by atoms with Crippen molar-refractivity contribution >= 4 is 17.5 Å². The summed E-state index contributed by atoms with van der Waals surface area (Å²) in [6.07, 6.45) is 0. The minimum atomic E-state index is 0.128. The Morgan fingerprint density at radius 2 is 1.63 bits per heavy atom. The van der Waals surface area contributed by atoms with Crippen LogP contribution in [-0.2, 0) is 11.3 Å². The Morgan fingerprint density at radius 3 is 2.33 bits per heavy atom. The van der Waals surface area contributed by atoms with Gasteiger partial charge in [0.15, 0.2) is 6.54 Å². The number of nitrogens with one attached hydrogen (secondary N) is 3. The third-order valence-corrected chi connectivity index (χ3v) is 5.20. The highest BCUT2D eigenvalue weighted by Crippen LogP contribution is 2.14. The minimum Gasteiger partial charge on any atom is -0.488 e. The molecule has 1 aliphatic heterocycles. The van der Waals surface area contributed by atoms with Gasteiger partial charge in [-0.3, -0.25) is 4.79 Å². The van der Waals surface area contributed by atoms with E-state index in [0.717, 1.165) is 49.1 Å². The molecule has 6 heteroatoms. The highest BCUT2D eigenvalue weighted by molar-refractivity contribution is 6.30. The van der Waals surface area contributed by atoms with Crippen molar-refractivity contribution in [2.75, 3.05) is 45.9 Å². The molecule has 0 saturated carbocycles. The molecule has 2 aromatic rings. The van der Waals surface area contributed by atoms with Crippen LogP contribution in [0.15, 0.2) is 54.6 Å². The summed E-state index contributed by atoms with van der Waals surface area (Å²) >= 11 is 5.88. The first-order valence-corrected chi connectivity index (χ1v) is 9.93. The summed E-state index contributed by atoms with van der Waals surface area (Å²) < 4.78 is 5.78. The SMILES string of the molecule is O=C(C[NH+]1CC[NH+](CCOc2ccc(Cl)cc2)CC1)NCc1ccccc1. The summed E-state index contributed by atoms with van der Waals surface area (Å²) in [6, 6.07) is 17.5. The first-order chi connectivity index (χ1) is 13.2. The second-order valence-electron chi connectivity index (χ2n) is 6.99. The van der Waals surface area contributed by atoms with E-state index >= 15 is 0 Å². The molecule has 0 atom stereocenters. The van der Waals surface area contributed by atoms with Gasteiger partial charge in [0, 0.05) is 11.6 Å². The molecule has 1 heterocycles. The first-order valence-electron chi connectivity index (χ1n) is 9.55. The van der Waals surface area contributed by atoms with Gasteiger partial charge in [0.1, 0.15) is 45.1 Å². The molecule has 1 aliphatic rings. The number of carbonyl (C=O) groups excluding carboxylic acids is 1. The van der Waals surface area contributed by atoms with Gasteiger partial charge >= 0.3 is 0 Å². The molecule has 0 bridgehead atoms. The Morgan fingerprint density at radius 1 is 0.963 bits per heavy atom. The maximum absolute atomic E-state index is 12.2. The maximum Gasteiger partial charge on any atom is 0.275 e. The van der Waals surface area contributed by atoms with Gasteiger partial charge in [-0.25, -0.2) is 0 Å². The van der Waals surface area contributed by atoms with Crippen LogP contribution in [0.5, 0.6) is 5.75 Å². The van der Waals surface area contributed by atoms with Gasteiger partial charge in [-0.15, -0.1) is 0 Å². The Labute approximate surface area is 165 Å². The lowest BCUT2D eigenvalue weighted by atomic mass is 10.2. The van der Waals surface area contributed by atoms with E-state index in [4.69, 9.17) is 16.3 Å². The lowest BCUT2D eigenvalue weighted by molar-refractivity contribution is -1.01.